The molecule has 10 heteroatoms. The second-order valence-electron chi connectivity index (χ2n) is 8.11. The zero-order valence-electron chi connectivity index (χ0n) is 19.3. The van der Waals surface area contributed by atoms with Crippen LogP contribution in [0.3, 0.4) is 0 Å². The zero-order valence-corrected chi connectivity index (χ0v) is 20.1. The topological polar surface area (TPSA) is 58.9 Å². The number of alkyl halides is 3. The molecule has 6 nitrogen and oxygen atoms in total. The van der Waals surface area contributed by atoms with E-state index in [1.165, 1.54) is 29.0 Å². The maximum Gasteiger partial charge on any atom is 0.416 e. The van der Waals surface area contributed by atoms with Crippen molar-refractivity contribution >= 4 is 28.0 Å². The molecular formula is C25H25F3N4O2S. The monoisotopic (exact) mass is 502 g/mol. The molecular weight excluding hydrogens is 477 g/mol. The molecule has 184 valence electrons. The Kier molecular flexibility index (Phi) is 7.42. The fourth-order valence-corrected chi connectivity index (χ4v) is 4.49. The molecule has 0 aliphatic rings. The van der Waals surface area contributed by atoms with Crippen LogP contribution >= 0.6 is 11.3 Å². The number of thiazole rings is 1. The van der Waals surface area contributed by atoms with E-state index in [4.69, 9.17) is 9.72 Å². The molecule has 0 aliphatic heterocycles. The summed E-state index contributed by atoms with van der Waals surface area (Å²) < 4.78 is 45.5. The summed E-state index contributed by atoms with van der Waals surface area (Å²) in [6.45, 7) is 3.12. The van der Waals surface area contributed by atoms with Crippen molar-refractivity contribution in [3.05, 3.63) is 76.9 Å². The SMILES string of the molecule is COCCN(CCc1csc2nc(-c3ccc(C)cc3)cn12)C(=O)Nc1ccc(C(F)(F)F)cc1. The number of anilines is 1. The average molecular weight is 503 g/mol. The molecule has 4 rings (SSSR count). The van der Waals surface area contributed by atoms with E-state index in [-0.39, 0.29) is 0 Å². The van der Waals surface area contributed by atoms with Crippen molar-refractivity contribution in [2.45, 2.75) is 19.5 Å². The second kappa shape index (κ2) is 10.5. The van der Waals surface area contributed by atoms with Gasteiger partial charge in [0, 0.05) is 55.1 Å². The number of fused-ring (bicyclic) bond motifs is 1. The average Bonchev–Trinajstić information content (AvgIpc) is 3.41. The van der Waals surface area contributed by atoms with Crippen LogP contribution < -0.4 is 5.32 Å². The molecule has 1 N–H and O–H groups in total. The number of rotatable bonds is 8. The van der Waals surface area contributed by atoms with E-state index >= 15 is 0 Å². The summed E-state index contributed by atoms with van der Waals surface area (Å²) in [5, 5.41) is 4.69. The smallest absolute Gasteiger partial charge is 0.383 e. The zero-order chi connectivity index (χ0) is 25.0. The van der Waals surface area contributed by atoms with E-state index in [9.17, 15) is 18.0 Å². The molecule has 35 heavy (non-hydrogen) atoms. The number of aryl methyl sites for hydroxylation is 1. The number of imidazole rings is 1. The number of aromatic nitrogens is 2. The van der Waals surface area contributed by atoms with Gasteiger partial charge in [0.1, 0.15) is 0 Å². The standard InChI is InChI=1S/C25H25F3N4O2S/c1-17-3-5-18(6-4-17)22-15-32-21(16-35-24(32)30-22)11-12-31(13-14-34-2)23(33)29-20-9-7-19(8-10-20)25(26,27)28/h3-10,15-16H,11-14H2,1-2H3,(H,29,33). The first-order chi connectivity index (χ1) is 16.7. The van der Waals surface area contributed by atoms with Crippen molar-refractivity contribution in [1.29, 1.82) is 0 Å². The van der Waals surface area contributed by atoms with Crippen molar-refractivity contribution < 1.29 is 22.7 Å². The van der Waals surface area contributed by atoms with E-state index < -0.39 is 17.8 Å². The number of hydrogen-bond acceptors (Lipinski definition) is 4. The fourth-order valence-electron chi connectivity index (χ4n) is 3.58. The predicted molar refractivity (Wildman–Crippen MR) is 131 cm³/mol. The highest BCUT2D eigenvalue weighted by atomic mass is 32.1. The minimum Gasteiger partial charge on any atom is -0.383 e. The summed E-state index contributed by atoms with van der Waals surface area (Å²) in [6, 6.07) is 12.2. The molecule has 0 bridgehead atoms. The Morgan fingerprint density at radius 1 is 1.11 bits per heavy atom. The number of amides is 2. The van der Waals surface area contributed by atoms with Crippen LogP contribution in [0.15, 0.2) is 60.1 Å². The van der Waals surface area contributed by atoms with Gasteiger partial charge in [-0.25, -0.2) is 9.78 Å². The lowest BCUT2D eigenvalue weighted by atomic mass is 10.1. The largest absolute Gasteiger partial charge is 0.416 e. The summed E-state index contributed by atoms with van der Waals surface area (Å²) in [5.41, 5.74) is 3.64. The van der Waals surface area contributed by atoms with Gasteiger partial charge < -0.3 is 15.0 Å². The van der Waals surface area contributed by atoms with Gasteiger partial charge in [0.15, 0.2) is 4.96 Å². The van der Waals surface area contributed by atoms with Crippen molar-refractivity contribution in [2.24, 2.45) is 0 Å². The Morgan fingerprint density at radius 3 is 2.49 bits per heavy atom. The quantitative estimate of drug-likeness (QED) is 0.316. The van der Waals surface area contributed by atoms with E-state index in [0.29, 0.717) is 31.8 Å². The molecule has 2 amide bonds. The Balaban J connectivity index is 1.45. The molecule has 0 unspecified atom stereocenters. The predicted octanol–water partition coefficient (Wildman–Crippen LogP) is 6.11. The third-order valence-electron chi connectivity index (χ3n) is 5.58. The van der Waals surface area contributed by atoms with Crippen molar-refractivity contribution in [1.82, 2.24) is 14.3 Å². The first kappa shape index (κ1) is 24.7. The van der Waals surface area contributed by atoms with Crippen LogP contribution in [0.1, 0.15) is 16.8 Å². The highest BCUT2D eigenvalue weighted by molar-refractivity contribution is 7.15. The molecule has 2 aromatic carbocycles. The lowest BCUT2D eigenvalue weighted by Gasteiger charge is -2.23. The number of methoxy groups -OCH3 is 1. The summed E-state index contributed by atoms with van der Waals surface area (Å²) in [5.74, 6) is 0. The first-order valence-electron chi connectivity index (χ1n) is 11.0. The van der Waals surface area contributed by atoms with Crippen LogP contribution in [0, 0.1) is 6.92 Å². The summed E-state index contributed by atoms with van der Waals surface area (Å²) >= 11 is 1.53. The van der Waals surface area contributed by atoms with Crippen molar-refractivity contribution in [3.63, 3.8) is 0 Å². The molecule has 0 fully saturated rings. The van der Waals surface area contributed by atoms with Gasteiger partial charge in [0.25, 0.3) is 0 Å². The Morgan fingerprint density at radius 2 is 1.83 bits per heavy atom. The molecule has 0 radical (unpaired) electrons. The Bertz CT molecular complexity index is 1280. The van der Waals surface area contributed by atoms with Crippen LogP contribution in [0.25, 0.3) is 16.2 Å². The van der Waals surface area contributed by atoms with Crippen LogP contribution in [0.4, 0.5) is 23.7 Å². The third-order valence-corrected chi connectivity index (χ3v) is 6.47. The lowest BCUT2D eigenvalue weighted by molar-refractivity contribution is -0.137. The number of nitrogens with one attached hydrogen (secondary N) is 1. The maximum atomic E-state index is 12.9. The van der Waals surface area contributed by atoms with Gasteiger partial charge in [0.2, 0.25) is 0 Å². The Labute approximate surface area is 205 Å². The van der Waals surface area contributed by atoms with E-state index in [1.807, 2.05) is 47.2 Å². The minimum absolute atomic E-state index is 0.292. The van der Waals surface area contributed by atoms with Crippen molar-refractivity contribution in [2.75, 3.05) is 32.1 Å². The maximum absolute atomic E-state index is 12.9. The number of hydrogen-bond donors (Lipinski definition) is 1. The first-order valence-corrected chi connectivity index (χ1v) is 11.9. The lowest BCUT2D eigenvalue weighted by Crippen LogP contribution is -2.38. The number of carbonyl (C=O) groups excluding carboxylic acids is 1. The molecule has 2 aromatic heterocycles. The van der Waals surface area contributed by atoms with E-state index in [1.54, 1.807) is 12.0 Å². The molecule has 0 saturated carbocycles. The summed E-state index contributed by atoms with van der Waals surface area (Å²) in [6.07, 6.45) is -1.85. The van der Waals surface area contributed by atoms with Crippen molar-refractivity contribution in [3.8, 4) is 11.3 Å². The molecule has 4 aromatic rings. The molecule has 2 heterocycles. The van der Waals surface area contributed by atoms with Gasteiger partial charge in [-0.05, 0) is 31.2 Å². The van der Waals surface area contributed by atoms with Crippen LogP contribution in [-0.4, -0.2) is 47.1 Å². The third kappa shape index (κ3) is 6.01. The summed E-state index contributed by atoms with van der Waals surface area (Å²) in [7, 11) is 1.55. The molecule has 0 aliphatic carbocycles. The molecule has 0 spiro atoms. The minimum atomic E-state index is -4.43. The van der Waals surface area contributed by atoms with E-state index in [2.05, 4.69) is 5.32 Å². The number of carbonyl (C=O) groups is 1. The van der Waals surface area contributed by atoms with Gasteiger partial charge >= 0.3 is 12.2 Å². The van der Waals surface area contributed by atoms with Gasteiger partial charge in [-0.1, -0.05) is 29.8 Å². The number of halogens is 3. The van der Waals surface area contributed by atoms with Gasteiger partial charge in [-0.3, -0.25) is 4.40 Å². The normalized spacial score (nSPS) is 11.7. The van der Waals surface area contributed by atoms with E-state index in [0.717, 1.165) is 34.0 Å². The number of benzene rings is 2. The number of ether oxygens (including phenoxy) is 1. The second-order valence-corrected chi connectivity index (χ2v) is 8.94. The van der Waals surface area contributed by atoms with Crippen LogP contribution in [0.2, 0.25) is 0 Å². The highest BCUT2D eigenvalue weighted by Gasteiger charge is 2.30. The molecule has 0 saturated heterocycles. The number of urea groups is 1. The van der Waals surface area contributed by atoms with Gasteiger partial charge in [-0.2, -0.15) is 13.2 Å². The Hall–Kier alpha value is -3.37. The van der Waals surface area contributed by atoms with Gasteiger partial charge in [-0.15, -0.1) is 11.3 Å². The highest BCUT2D eigenvalue weighted by Crippen LogP contribution is 2.30. The summed E-state index contributed by atoms with van der Waals surface area (Å²) in [4.78, 5) is 20.0. The van der Waals surface area contributed by atoms with Gasteiger partial charge in [0.05, 0.1) is 17.9 Å². The molecule has 0 atom stereocenters. The van der Waals surface area contributed by atoms with Crippen LogP contribution in [-0.2, 0) is 17.3 Å². The fraction of sp³-hybridized carbons (Fsp3) is 0.280. The number of nitrogens with zero attached hydrogens (tertiary/aromatic N) is 3. The van der Waals surface area contributed by atoms with Crippen LogP contribution in [0.5, 0.6) is 0 Å².